The van der Waals surface area contributed by atoms with Crippen molar-refractivity contribution in [2.45, 2.75) is 6.18 Å². The molecule has 0 saturated carbocycles. The maximum absolute atomic E-state index is 14.9. The molecule has 0 N–H and O–H groups in total. The Bertz CT molecular complexity index is 4140. The molecule has 0 radical (unpaired) electrons. The van der Waals surface area contributed by atoms with E-state index in [9.17, 15) is 23.7 Å². The van der Waals surface area contributed by atoms with Crippen molar-refractivity contribution in [2.75, 3.05) is 0 Å². The average Bonchev–Trinajstić information content (AvgIpc) is 3.92. The molecule has 330 valence electrons. The topological polar surface area (TPSA) is 83.2 Å². The summed E-state index contributed by atoms with van der Waals surface area (Å²) in [6, 6.07) is 67.5. The number of fused-ring (bicyclic) bond motifs is 6. The summed E-state index contributed by atoms with van der Waals surface area (Å²) in [6.07, 6.45) is -1.22. The van der Waals surface area contributed by atoms with Crippen LogP contribution in [0, 0.1) is 22.7 Å². The second-order valence-corrected chi connectivity index (χ2v) is 17.1. The largest absolute Gasteiger partial charge is 0.416 e. The van der Waals surface area contributed by atoms with Crippen LogP contribution >= 0.6 is 0 Å². The Morgan fingerprint density at radius 3 is 1.40 bits per heavy atom. The van der Waals surface area contributed by atoms with Crippen LogP contribution in [0.1, 0.15) is 16.7 Å². The van der Waals surface area contributed by atoms with Gasteiger partial charge in [0.05, 0.1) is 67.6 Å². The molecule has 9 heteroatoms. The van der Waals surface area contributed by atoms with E-state index in [4.69, 9.17) is 9.97 Å². The van der Waals surface area contributed by atoms with E-state index in [0.717, 1.165) is 101 Å². The van der Waals surface area contributed by atoms with Crippen molar-refractivity contribution in [1.29, 1.82) is 10.5 Å². The fourth-order valence-electron chi connectivity index (χ4n) is 10.0. The Balaban J connectivity index is 1.17. The molecule has 4 aromatic heterocycles. The summed E-state index contributed by atoms with van der Waals surface area (Å²) in [5.41, 5.74) is 10.8. The molecule has 0 atom stereocenters. The maximum Gasteiger partial charge on any atom is 0.416 e. The van der Waals surface area contributed by atoms with E-state index < -0.39 is 11.7 Å². The number of halogens is 3. The summed E-state index contributed by atoms with van der Waals surface area (Å²) in [7, 11) is 0. The number of nitriles is 2. The number of benzene rings is 8. The van der Waals surface area contributed by atoms with Gasteiger partial charge in [-0.2, -0.15) is 23.7 Å². The van der Waals surface area contributed by atoms with E-state index >= 15 is 0 Å². The minimum absolute atomic E-state index is 0.150. The van der Waals surface area contributed by atoms with Crippen LogP contribution in [0.4, 0.5) is 13.2 Å². The van der Waals surface area contributed by atoms with Crippen molar-refractivity contribution in [2.24, 2.45) is 0 Å². The fraction of sp³-hybridized carbons (Fsp3) is 0.0164. The SMILES string of the molecule is N#Cc1cc(-c2cc(-n3c4ccccc4c4ccc(-c5cccnc5-c5ccccc5)cc43)c(C#N)cc2-n2c3ccccc3c3ccc(-c4cccnc4-c4ccccc4)cc32)cc(C(F)(F)F)c1. The van der Waals surface area contributed by atoms with Crippen molar-refractivity contribution < 1.29 is 13.2 Å². The van der Waals surface area contributed by atoms with Crippen LogP contribution in [0.3, 0.4) is 0 Å². The van der Waals surface area contributed by atoms with Gasteiger partial charge in [0.2, 0.25) is 0 Å². The second kappa shape index (κ2) is 16.6. The lowest BCUT2D eigenvalue weighted by atomic mass is 9.95. The molecule has 4 heterocycles. The Morgan fingerprint density at radius 1 is 0.386 bits per heavy atom. The number of rotatable bonds is 7. The molecule has 0 aliphatic heterocycles. The molecule has 6 nitrogen and oxygen atoms in total. The normalized spacial score (nSPS) is 11.6. The molecule has 0 amide bonds. The second-order valence-electron chi connectivity index (χ2n) is 17.1. The number of hydrogen-bond acceptors (Lipinski definition) is 4. The predicted octanol–water partition coefficient (Wildman–Crippen LogP) is 15.8. The van der Waals surface area contributed by atoms with Crippen LogP contribution in [0.15, 0.2) is 213 Å². The lowest BCUT2D eigenvalue weighted by Gasteiger charge is -2.20. The van der Waals surface area contributed by atoms with Crippen LogP contribution < -0.4 is 0 Å². The summed E-state index contributed by atoms with van der Waals surface area (Å²) in [5, 5.41) is 25.3. The number of alkyl halides is 3. The molecule has 12 aromatic rings. The van der Waals surface area contributed by atoms with Crippen molar-refractivity contribution in [3.8, 4) is 79.4 Å². The molecule has 0 aliphatic rings. The van der Waals surface area contributed by atoms with Crippen LogP contribution in [-0.2, 0) is 6.18 Å². The van der Waals surface area contributed by atoms with Gasteiger partial charge in [-0.25, -0.2) is 0 Å². The van der Waals surface area contributed by atoms with Gasteiger partial charge in [0.15, 0.2) is 0 Å². The van der Waals surface area contributed by atoms with Gasteiger partial charge in [-0.3, -0.25) is 9.97 Å². The van der Waals surface area contributed by atoms with E-state index in [2.05, 4.69) is 42.5 Å². The minimum Gasteiger partial charge on any atom is -0.309 e. The van der Waals surface area contributed by atoms with Crippen molar-refractivity contribution >= 4 is 43.6 Å². The zero-order valence-electron chi connectivity index (χ0n) is 37.0. The maximum atomic E-state index is 14.9. The van der Waals surface area contributed by atoms with Gasteiger partial charge in [-0.15, -0.1) is 0 Å². The summed E-state index contributed by atoms with van der Waals surface area (Å²) >= 11 is 0. The van der Waals surface area contributed by atoms with Crippen LogP contribution in [-0.4, -0.2) is 19.1 Å². The Morgan fingerprint density at radius 2 is 0.886 bits per heavy atom. The van der Waals surface area contributed by atoms with Gasteiger partial charge in [0, 0.05) is 61.8 Å². The lowest BCUT2D eigenvalue weighted by Crippen LogP contribution is -2.07. The van der Waals surface area contributed by atoms with E-state index in [-0.39, 0.29) is 16.7 Å². The smallest absolute Gasteiger partial charge is 0.309 e. The standard InChI is InChI=1S/C61H35F3N6/c62-61(63,64)45-30-38(36-65)29-43(31-45)52-35-55(69-53-21-9-7-17-48(53)50-25-23-41(32-56(50)69)46-19-11-27-67-59(46)39-13-3-1-4-14-39)44(37-66)34-58(52)70-54-22-10-8-18-49(54)51-26-24-42(33-57(51)70)47-20-12-28-68-60(47)40-15-5-2-6-16-40/h1-35H. The highest BCUT2D eigenvalue weighted by Gasteiger charge is 2.32. The number of hydrogen-bond donors (Lipinski definition) is 0. The monoisotopic (exact) mass is 908 g/mol. The number of pyridine rings is 2. The van der Waals surface area contributed by atoms with Crippen molar-refractivity contribution in [3.63, 3.8) is 0 Å². The molecular formula is C61H35F3N6. The van der Waals surface area contributed by atoms with E-state index in [1.807, 2.05) is 155 Å². The molecule has 0 fully saturated rings. The van der Waals surface area contributed by atoms with E-state index in [1.165, 1.54) is 6.07 Å². The highest BCUT2D eigenvalue weighted by Crippen LogP contribution is 2.44. The quantitative estimate of drug-likeness (QED) is 0.159. The number of aromatic nitrogens is 4. The minimum atomic E-state index is -4.76. The predicted molar refractivity (Wildman–Crippen MR) is 272 cm³/mol. The Hall–Kier alpha value is -9.57. The molecule has 0 bridgehead atoms. The van der Waals surface area contributed by atoms with Gasteiger partial charge < -0.3 is 9.13 Å². The highest BCUT2D eigenvalue weighted by atomic mass is 19.4. The first-order valence-electron chi connectivity index (χ1n) is 22.6. The number of para-hydroxylation sites is 2. The zero-order chi connectivity index (χ0) is 47.5. The van der Waals surface area contributed by atoms with E-state index in [1.54, 1.807) is 18.5 Å². The molecular weight excluding hydrogens is 874 g/mol. The molecule has 0 saturated heterocycles. The Labute approximate surface area is 399 Å². The van der Waals surface area contributed by atoms with Gasteiger partial charge in [0.25, 0.3) is 0 Å². The summed E-state index contributed by atoms with van der Waals surface area (Å²) in [4.78, 5) is 9.60. The van der Waals surface area contributed by atoms with Gasteiger partial charge in [0.1, 0.15) is 6.07 Å². The zero-order valence-corrected chi connectivity index (χ0v) is 37.0. The molecule has 0 spiro atoms. The molecule has 8 aromatic carbocycles. The third-order valence-electron chi connectivity index (χ3n) is 13.1. The first-order valence-corrected chi connectivity index (χ1v) is 22.6. The summed E-state index contributed by atoms with van der Waals surface area (Å²) in [5.74, 6) is 0. The van der Waals surface area contributed by atoms with Crippen LogP contribution in [0.2, 0.25) is 0 Å². The van der Waals surface area contributed by atoms with E-state index in [0.29, 0.717) is 16.9 Å². The van der Waals surface area contributed by atoms with Gasteiger partial charge in [-0.05, 0) is 83.4 Å². The van der Waals surface area contributed by atoms with Crippen LogP contribution in [0.5, 0.6) is 0 Å². The van der Waals surface area contributed by atoms with Gasteiger partial charge in [-0.1, -0.05) is 133 Å². The molecule has 12 rings (SSSR count). The van der Waals surface area contributed by atoms with Crippen molar-refractivity contribution in [1.82, 2.24) is 19.1 Å². The van der Waals surface area contributed by atoms with Gasteiger partial charge >= 0.3 is 6.18 Å². The summed E-state index contributed by atoms with van der Waals surface area (Å²) in [6.45, 7) is 0. The first-order chi connectivity index (χ1) is 34.3. The molecule has 0 unspecified atom stereocenters. The van der Waals surface area contributed by atoms with Crippen molar-refractivity contribution in [3.05, 3.63) is 229 Å². The van der Waals surface area contributed by atoms with Crippen LogP contribution in [0.25, 0.3) is 111 Å². The fourth-order valence-corrected chi connectivity index (χ4v) is 10.0. The Kier molecular flexibility index (Phi) is 9.94. The molecule has 0 aliphatic carbocycles. The number of nitrogens with zero attached hydrogens (tertiary/aromatic N) is 6. The lowest BCUT2D eigenvalue weighted by molar-refractivity contribution is -0.137. The highest BCUT2D eigenvalue weighted by molar-refractivity contribution is 6.12. The summed E-state index contributed by atoms with van der Waals surface area (Å²) < 4.78 is 48.6. The molecule has 70 heavy (non-hydrogen) atoms. The average molecular weight is 909 g/mol. The first kappa shape index (κ1) is 41.8. The third kappa shape index (κ3) is 6.96. The third-order valence-corrected chi connectivity index (χ3v) is 13.1.